The molecule has 0 aliphatic heterocycles. The van der Waals surface area contributed by atoms with Gasteiger partial charge in [-0.2, -0.15) is 0 Å². The molecule has 4 heteroatoms. The number of hydrogen-bond acceptors (Lipinski definition) is 1. The first kappa shape index (κ1) is 14.3. The first-order valence-electron chi connectivity index (χ1n) is 6.17. The summed E-state index contributed by atoms with van der Waals surface area (Å²) in [6.45, 7) is 1.69. The molecule has 2 aromatic rings. The van der Waals surface area contributed by atoms with Gasteiger partial charge in [0, 0.05) is 18.4 Å². The van der Waals surface area contributed by atoms with E-state index in [9.17, 15) is 18.0 Å². The lowest BCUT2D eigenvalue weighted by Crippen LogP contribution is -2.10. The maximum atomic E-state index is 13.4. The highest BCUT2D eigenvalue weighted by molar-refractivity contribution is 5.83. The fraction of sp³-hybridized carbons (Fsp3) is 0.188. The Bertz CT molecular complexity index is 630. The summed E-state index contributed by atoms with van der Waals surface area (Å²) >= 11 is 0. The molecule has 0 fully saturated rings. The third-order valence-corrected chi connectivity index (χ3v) is 3.13. The van der Waals surface area contributed by atoms with Crippen molar-refractivity contribution in [2.45, 2.75) is 19.8 Å². The van der Waals surface area contributed by atoms with E-state index in [-0.39, 0.29) is 30.0 Å². The van der Waals surface area contributed by atoms with Crippen LogP contribution in [0.2, 0.25) is 0 Å². The summed E-state index contributed by atoms with van der Waals surface area (Å²) in [6.07, 6.45) is -0.283. The van der Waals surface area contributed by atoms with Crippen LogP contribution in [0.5, 0.6) is 0 Å². The number of benzene rings is 2. The first-order chi connectivity index (χ1) is 9.47. The van der Waals surface area contributed by atoms with Gasteiger partial charge in [-0.05, 0) is 42.3 Å². The summed E-state index contributed by atoms with van der Waals surface area (Å²) < 4.78 is 39.8. The zero-order valence-electron chi connectivity index (χ0n) is 10.9. The highest BCUT2D eigenvalue weighted by Gasteiger charge is 2.14. The maximum absolute atomic E-state index is 13.4. The van der Waals surface area contributed by atoms with Crippen molar-refractivity contribution in [3.63, 3.8) is 0 Å². The highest BCUT2D eigenvalue weighted by Crippen LogP contribution is 2.16. The fourth-order valence-corrected chi connectivity index (χ4v) is 2.03. The molecule has 0 amide bonds. The van der Waals surface area contributed by atoms with E-state index in [0.717, 1.165) is 12.1 Å². The van der Waals surface area contributed by atoms with Gasteiger partial charge in [0.1, 0.15) is 23.2 Å². The lowest BCUT2D eigenvalue weighted by molar-refractivity contribution is -0.117. The zero-order chi connectivity index (χ0) is 14.7. The zero-order valence-corrected chi connectivity index (χ0v) is 10.9. The van der Waals surface area contributed by atoms with Crippen LogP contribution in [-0.4, -0.2) is 5.78 Å². The molecule has 0 spiro atoms. The Balaban J connectivity index is 2.13. The number of halogens is 3. The number of aryl methyl sites for hydroxylation is 1. The van der Waals surface area contributed by atoms with Crippen molar-refractivity contribution in [3.05, 3.63) is 70.5 Å². The Labute approximate surface area is 115 Å². The summed E-state index contributed by atoms with van der Waals surface area (Å²) in [5.74, 6) is -2.15. The second-order valence-corrected chi connectivity index (χ2v) is 4.66. The van der Waals surface area contributed by atoms with E-state index in [1.807, 2.05) is 0 Å². The molecule has 0 saturated heterocycles. The molecular formula is C16H13F3O. The minimum absolute atomic E-state index is 0.0277. The molecule has 0 atom stereocenters. The number of carbonyl (C=O) groups is 1. The molecule has 1 nitrogen and oxygen atoms in total. The number of Topliss-reactive ketones (excluding diaryl/α,β-unsaturated/α-hetero) is 1. The topological polar surface area (TPSA) is 17.1 Å². The summed E-state index contributed by atoms with van der Waals surface area (Å²) in [7, 11) is 0. The minimum atomic E-state index is -0.728. The predicted molar refractivity (Wildman–Crippen MR) is 69.9 cm³/mol. The van der Waals surface area contributed by atoms with Gasteiger partial charge in [-0.1, -0.05) is 12.1 Å². The molecule has 2 aromatic carbocycles. The van der Waals surface area contributed by atoms with Crippen molar-refractivity contribution in [1.29, 1.82) is 0 Å². The quantitative estimate of drug-likeness (QED) is 0.832. The molecule has 0 aliphatic carbocycles. The smallest absolute Gasteiger partial charge is 0.141 e. The molecule has 0 saturated carbocycles. The van der Waals surface area contributed by atoms with Crippen LogP contribution in [0.3, 0.4) is 0 Å². The van der Waals surface area contributed by atoms with Crippen LogP contribution in [0, 0.1) is 24.4 Å². The monoisotopic (exact) mass is 278 g/mol. The van der Waals surface area contributed by atoms with Gasteiger partial charge < -0.3 is 0 Å². The normalized spacial score (nSPS) is 10.6. The van der Waals surface area contributed by atoms with Gasteiger partial charge in [0.25, 0.3) is 0 Å². The molecule has 0 aromatic heterocycles. The van der Waals surface area contributed by atoms with Crippen LogP contribution in [0.1, 0.15) is 16.7 Å². The van der Waals surface area contributed by atoms with Gasteiger partial charge in [-0.3, -0.25) is 4.79 Å². The highest BCUT2D eigenvalue weighted by atomic mass is 19.1. The second-order valence-electron chi connectivity index (χ2n) is 4.66. The lowest BCUT2D eigenvalue weighted by atomic mass is 9.99. The third kappa shape index (κ3) is 3.26. The van der Waals surface area contributed by atoms with Crippen molar-refractivity contribution in [1.82, 2.24) is 0 Å². The first-order valence-corrected chi connectivity index (χ1v) is 6.17. The standard InChI is InChI=1S/C16H13F3O/c1-10-7-12(17)6-5-11(10)8-13(20)9-14-15(18)3-2-4-16(14)19/h2-7H,8-9H2,1H3. The van der Waals surface area contributed by atoms with Crippen LogP contribution in [0.25, 0.3) is 0 Å². The van der Waals surface area contributed by atoms with Gasteiger partial charge in [0.05, 0.1) is 0 Å². The van der Waals surface area contributed by atoms with Crippen LogP contribution in [0.4, 0.5) is 13.2 Å². The fourth-order valence-electron chi connectivity index (χ4n) is 2.03. The van der Waals surface area contributed by atoms with Crippen LogP contribution in [0.15, 0.2) is 36.4 Å². The van der Waals surface area contributed by atoms with E-state index < -0.39 is 11.6 Å². The van der Waals surface area contributed by atoms with E-state index in [1.165, 1.54) is 24.3 Å². The van der Waals surface area contributed by atoms with Gasteiger partial charge >= 0.3 is 0 Å². The summed E-state index contributed by atoms with van der Waals surface area (Å²) in [6, 6.07) is 7.60. The molecular weight excluding hydrogens is 265 g/mol. The number of ketones is 1. The second kappa shape index (κ2) is 5.90. The average molecular weight is 278 g/mol. The van der Waals surface area contributed by atoms with Crippen molar-refractivity contribution in [2.24, 2.45) is 0 Å². The Morgan fingerprint density at radius 2 is 1.65 bits per heavy atom. The van der Waals surface area contributed by atoms with Gasteiger partial charge in [0.15, 0.2) is 0 Å². The molecule has 0 N–H and O–H groups in total. The average Bonchev–Trinajstić information content (AvgIpc) is 2.37. The van der Waals surface area contributed by atoms with Crippen molar-refractivity contribution in [3.8, 4) is 0 Å². The number of rotatable bonds is 4. The Morgan fingerprint density at radius 3 is 2.25 bits per heavy atom. The summed E-state index contributed by atoms with van der Waals surface area (Å²) in [5, 5.41) is 0. The SMILES string of the molecule is Cc1cc(F)ccc1CC(=O)Cc1c(F)cccc1F. The summed E-state index contributed by atoms with van der Waals surface area (Å²) in [4.78, 5) is 11.9. The van der Waals surface area contributed by atoms with E-state index in [4.69, 9.17) is 0 Å². The number of carbonyl (C=O) groups excluding carboxylic acids is 1. The molecule has 0 unspecified atom stereocenters. The largest absolute Gasteiger partial charge is 0.299 e. The van der Waals surface area contributed by atoms with E-state index in [1.54, 1.807) is 6.92 Å². The molecule has 20 heavy (non-hydrogen) atoms. The van der Waals surface area contributed by atoms with Crippen LogP contribution < -0.4 is 0 Å². The van der Waals surface area contributed by atoms with Crippen molar-refractivity contribution < 1.29 is 18.0 Å². The van der Waals surface area contributed by atoms with Crippen molar-refractivity contribution >= 4 is 5.78 Å². The third-order valence-electron chi connectivity index (χ3n) is 3.13. The molecule has 104 valence electrons. The molecule has 0 bridgehead atoms. The van der Waals surface area contributed by atoms with Gasteiger partial charge in [0.2, 0.25) is 0 Å². The van der Waals surface area contributed by atoms with Crippen LogP contribution in [-0.2, 0) is 17.6 Å². The molecule has 2 rings (SSSR count). The van der Waals surface area contributed by atoms with Gasteiger partial charge in [-0.15, -0.1) is 0 Å². The number of hydrogen-bond donors (Lipinski definition) is 0. The Kier molecular flexibility index (Phi) is 4.23. The molecule has 0 heterocycles. The lowest BCUT2D eigenvalue weighted by Gasteiger charge is -2.07. The van der Waals surface area contributed by atoms with E-state index in [2.05, 4.69) is 0 Å². The van der Waals surface area contributed by atoms with Crippen LogP contribution >= 0.6 is 0 Å². The molecule has 0 aliphatic rings. The minimum Gasteiger partial charge on any atom is -0.299 e. The Morgan fingerprint density at radius 1 is 1.00 bits per heavy atom. The van der Waals surface area contributed by atoms with E-state index >= 15 is 0 Å². The van der Waals surface area contributed by atoms with Gasteiger partial charge in [-0.25, -0.2) is 13.2 Å². The van der Waals surface area contributed by atoms with Crippen molar-refractivity contribution in [2.75, 3.05) is 0 Å². The summed E-state index contributed by atoms with van der Waals surface area (Å²) in [5.41, 5.74) is 1.08. The predicted octanol–water partition coefficient (Wildman–Crippen LogP) is 3.77. The molecule has 0 radical (unpaired) electrons. The van der Waals surface area contributed by atoms with E-state index in [0.29, 0.717) is 11.1 Å². The Hall–Kier alpha value is -2.10. The maximum Gasteiger partial charge on any atom is 0.141 e.